The standard InChI is InChI=1S/C74H82BN3Si/c1-47-38-48(2)66-63(39-47)77(72(10)35-21-20-34-71(66,72)9)55-43-64-67-65(44-55)78-68-58(74(52-26-16-15-17-27-52)37-23-22-36-73(74,78)11)45-56(79(12,13)14)46-60(68)75(67)59-42-54(70(6,7)8)31-33-62(59)76(64)61-32-30-53(69(3,4)5)41-57(61)51-29-28-49-24-18-19-25-50(49)40-51/h15-19,24-33,38-46H,20-23,34-37H2,1-14H3. The molecule has 5 heteroatoms. The van der Waals surface area contributed by atoms with E-state index in [0.29, 0.717) is 0 Å². The van der Waals surface area contributed by atoms with Gasteiger partial charge in [0.25, 0.3) is 6.71 Å². The average molecular weight is 1050 g/mol. The van der Waals surface area contributed by atoms with E-state index in [1.54, 1.807) is 16.3 Å². The van der Waals surface area contributed by atoms with Crippen LogP contribution in [0.25, 0.3) is 21.9 Å². The Balaban J connectivity index is 1.16. The maximum absolute atomic E-state index is 3.02. The van der Waals surface area contributed by atoms with E-state index < -0.39 is 8.07 Å². The van der Waals surface area contributed by atoms with E-state index in [4.69, 9.17) is 0 Å². The van der Waals surface area contributed by atoms with Gasteiger partial charge < -0.3 is 14.7 Å². The number of nitrogens with zero attached hydrogens (tertiary/aromatic N) is 3. The summed E-state index contributed by atoms with van der Waals surface area (Å²) in [7, 11) is -1.89. The zero-order chi connectivity index (χ0) is 55.1. The van der Waals surface area contributed by atoms with Crippen LogP contribution in [0.3, 0.4) is 0 Å². The van der Waals surface area contributed by atoms with Gasteiger partial charge in [-0.3, -0.25) is 0 Å². The van der Waals surface area contributed by atoms with Gasteiger partial charge in [-0.1, -0.05) is 202 Å². The molecule has 0 amide bonds. The van der Waals surface area contributed by atoms with Gasteiger partial charge in [0.2, 0.25) is 0 Å². The molecule has 3 nitrogen and oxygen atoms in total. The average Bonchev–Trinajstić information content (AvgIpc) is 1.97. The SMILES string of the molecule is Cc1cc(C)c2c(c1)N(c1cc3c4c(c1)N1c5c(cc([Si](C)(C)C)cc5C5(c6ccccc6)CCCCC15C)B4c1cc(C(C)(C)C)ccc1N3c1ccc(C(C)(C)C)cc1-c1ccc3ccccc3c1)C1(C)CCCCC21C. The lowest BCUT2D eigenvalue weighted by atomic mass is 9.33. The second-order valence-electron chi connectivity index (χ2n) is 29.2. The van der Waals surface area contributed by atoms with Gasteiger partial charge in [-0.05, 0) is 178 Å². The normalized spacial score (nSPS) is 23.8. The van der Waals surface area contributed by atoms with Gasteiger partial charge in [0.1, 0.15) is 0 Å². The lowest BCUT2D eigenvalue weighted by Gasteiger charge is -2.55. The fourth-order valence-electron chi connectivity index (χ4n) is 17.2. The van der Waals surface area contributed by atoms with E-state index in [0.717, 1.165) is 19.3 Å². The van der Waals surface area contributed by atoms with Gasteiger partial charge in [-0.2, -0.15) is 0 Å². The van der Waals surface area contributed by atoms with Crippen LogP contribution in [0.1, 0.15) is 153 Å². The molecule has 4 atom stereocenters. The molecule has 4 aliphatic heterocycles. The largest absolute Gasteiger partial charge is 0.335 e. The molecular weight excluding hydrogens is 970 g/mol. The van der Waals surface area contributed by atoms with Gasteiger partial charge in [0.05, 0.1) is 24.8 Å². The number of anilines is 7. The molecule has 0 aromatic heterocycles. The van der Waals surface area contributed by atoms with E-state index in [-0.39, 0.29) is 39.5 Å². The highest BCUT2D eigenvalue weighted by atomic mass is 28.3. The van der Waals surface area contributed by atoms with Crippen LogP contribution in [0.2, 0.25) is 19.6 Å². The van der Waals surface area contributed by atoms with Crippen LogP contribution in [0, 0.1) is 13.8 Å². The maximum atomic E-state index is 3.02. The Morgan fingerprint density at radius 3 is 1.89 bits per heavy atom. The van der Waals surface area contributed by atoms with E-state index in [1.165, 1.54) is 138 Å². The minimum absolute atomic E-state index is 0.00576. The molecule has 6 aliphatic rings. The summed E-state index contributed by atoms with van der Waals surface area (Å²) in [6, 6.07) is 59.1. The van der Waals surface area contributed by atoms with Crippen molar-refractivity contribution >= 4 is 86.9 Å². The molecule has 14 rings (SSSR count). The third kappa shape index (κ3) is 6.96. The highest BCUT2D eigenvalue weighted by Gasteiger charge is 2.65. The van der Waals surface area contributed by atoms with Gasteiger partial charge in [-0.25, -0.2) is 0 Å². The number of benzene rings is 8. The molecule has 2 fully saturated rings. The lowest BCUT2D eigenvalue weighted by Crippen LogP contribution is -2.65. The lowest BCUT2D eigenvalue weighted by molar-refractivity contribution is 0.194. The Hall–Kier alpha value is -6.30. The topological polar surface area (TPSA) is 9.72 Å². The van der Waals surface area contributed by atoms with Crippen LogP contribution in [0.15, 0.2) is 146 Å². The molecule has 0 saturated heterocycles. The van der Waals surface area contributed by atoms with Gasteiger partial charge in [0.15, 0.2) is 0 Å². The smallest absolute Gasteiger partial charge is 0.252 e. The molecule has 2 saturated carbocycles. The summed E-state index contributed by atoms with van der Waals surface area (Å²) in [6.45, 7) is 34.8. The molecule has 2 aliphatic carbocycles. The molecule has 0 radical (unpaired) electrons. The summed E-state index contributed by atoms with van der Waals surface area (Å²) in [4.78, 5) is 8.70. The minimum atomic E-state index is -1.89. The number of rotatable bonds is 5. The fourth-order valence-corrected chi connectivity index (χ4v) is 18.4. The molecule has 8 aromatic carbocycles. The van der Waals surface area contributed by atoms with Crippen LogP contribution in [-0.4, -0.2) is 25.9 Å². The highest BCUT2D eigenvalue weighted by molar-refractivity contribution is 7.01. The summed E-state index contributed by atoms with van der Waals surface area (Å²) in [5.41, 5.74) is 25.9. The first-order valence-electron chi connectivity index (χ1n) is 30.2. The summed E-state index contributed by atoms with van der Waals surface area (Å²) in [5, 5.41) is 4.11. The first-order chi connectivity index (χ1) is 37.5. The second-order valence-corrected chi connectivity index (χ2v) is 34.2. The van der Waals surface area contributed by atoms with Crippen LogP contribution >= 0.6 is 0 Å². The van der Waals surface area contributed by atoms with E-state index in [1.807, 2.05) is 0 Å². The summed E-state index contributed by atoms with van der Waals surface area (Å²) in [5.74, 6) is 0. The van der Waals surface area contributed by atoms with Crippen molar-refractivity contribution in [1.82, 2.24) is 0 Å². The summed E-state index contributed by atoms with van der Waals surface area (Å²) < 4.78 is 0. The van der Waals surface area contributed by atoms with Crippen molar-refractivity contribution in [2.75, 3.05) is 14.7 Å². The molecule has 79 heavy (non-hydrogen) atoms. The van der Waals surface area contributed by atoms with Crippen molar-refractivity contribution in [3.63, 3.8) is 0 Å². The van der Waals surface area contributed by atoms with E-state index in [9.17, 15) is 0 Å². The Morgan fingerprint density at radius 1 is 0.519 bits per heavy atom. The molecule has 0 bridgehead atoms. The van der Waals surface area contributed by atoms with Gasteiger partial charge >= 0.3 is 0 Å². The molecule has 8 aromatic rings. The van der Waals surface area contributed by atoms with Gasteiger partial charge in [-0.15, -0.1) is 0 Å². The van der Waals surface area contributed by atoms with Crippen molar-refractivity contribution in [3.8, 4) is 11.1 Å². The Bertz CT molecular complexity index is 3870. The first kappa shape index (κ1) is 50.9. The number of hydrogen-bond acceptors (Lipinski definition) is 3. The first-order valence-corrected chi connectivity index (χ1v) is 33.7. The molecule has 0 spiro atoms. The second kappa shape index (κ2) is 16.9. The Morgan fingerprint density at radius 2 is 1.16 bits per heavy atom. The maximum Gasteiger partial charge on any atom is 0.252 e. The van der Waals surface area contributed by atoms with Gasteiger partial charge in [0, 0.05) is 50.5 Å². The zero-order valence-electron chi connectivity index (χ0n) is 49.9. The Labute approximate surface area is 474 Å². The predicted octanol–water partition coefficient (Wildman–Crippen LogP) is 17.4. The number of hydrogen-bond donors (Lipinski definition) is 0. The van der Waals surface area contributed by atoms with Crippen LogP contribution in [-0.2, 0) is 21.7 Å². The minimum Gasteiger partial charge on any atom is -0.335 e. The Kier molecular flexibility index (Phi) is 10.9. The number of fused-ring (bicyclic) bond motifs is 11. The highest BCUT2D eigenvalue weighted by Crippen LogP contribution is 2.67. The third-order valence-electron chi connectivity index (χ3n) is 21.4. The monoisotopic (exact) mass is 1050 g/mol. The van der Waals surface area contributed by atoms with Crippen molar-refractivity contribution < 1.29 is 0 Å². The van der Waals surface area contributed by atoms with Crippen molar-refractivity contribution in [3.05, 3.63) is 185 Å². The summed E-state index contributed by atoms with van der Waals surface area (Å²) in [6.07, 6.45) is 9.54. The van der Waals surface area contributed by atoms with Crippen molar-refractivity contribution in [2.24, 2.45) is 0 Å². The van der Waals surface area contributed by atoms with Crippen molar-refractivity contribution in [1.29, 1.82) is 0 Å². The van der Waals surface area contributed by atoms with E-state index >= 15 is 0 Å². The summed E-state index contributed by atoms with van der Waals surface area (Å²) >= 11 is 0. The van der Waals surface area contributed by atoms with Crippen molar-refractivity contribution in [2.45, 2.75) is 180 Å². The molecule has 0 N–H and O–H groups in total. The fraction of sp³-hybridized carbons (Fsp3) is 0.378. The predicted molar refractivity (Wildman–Crippen MR) is 344 cm³/mol. The zero-order valence-corrected chi connectivity index (χ0v) is 50.9. The number of aryl methyl sites for hydroxylation is 2. The molecule has 4 unspecified atom stereocenters. The molecule has 400 valence electrons. The van der Waals surface area contributed by atoms with Crippen LogP contribution < -0.4 is 36.3 Å². The quantitative estimate of drug-likeness (QED) is 0.159. The van der Waals surface area contributed by atoms with Crippen LogP contribution in [0.4, 0.5) is 39.8 Å². The molecule has 4 heterocycles. The molecular formula is C74H82BN3Si. The van der Waals surface area contributed by atoms with Crippen LogP contribution in [0.5, 0.6) is 0 Å². The third-order valence-corrected chi connectivity index (χ3v) is 23.4. The van der Waals surface area contributed by atoms with E-state index in [2.05, 4.69) is 256 Å².